The summed E-state index contributed by atoms with van der Waals surface area (Å²) < 4.78 is 9.52. The van der Waals surface area contributed by atoms with Crippen LogP contribution in [0.2, 0.25) is 0 Å². The molecular weight excluding hydrogens is 224 g/mol. The maximum Gasteiger partial charge on any atom is 0.215 e. The molecule has 3 heterocycles. The molecule has 0 aliphatic rings. The zero-order valence-corrected chi connectivity index (χ0v) is 8.84. The lowest BCUT2D eigenvalue weighted by Crippen LogP contribution is -1.89. The molecule has 0 amide bonds. The van der Waals surface area contributed by atoms with Gasteiger partial charge in [-0.3, -0.25) is 0 Å². The number of fused-ring (bicyclic) bond motifs is 1. The van der Waals surface area contributed by atoms with Gasteiger partial charge in [0, 0.05) is 6.07 Å². The van der Waals surface area contributed by atoms with Crippen molar-refractivity contribution in [1.82, 2.24) is 25.3 Å². The van der Waals surface area contributed by atoms with E-state index in [0.29, 0.717) is 23.0 Å². The number of H-pyrrole nitrogens is 1. The zero-order valence-electron chi connectivity index (χ0n) is 8.84. The Morgan fingerprint density at radius 2 is 2.18 bits per heavy atom. The highest BCUT2D eigenvalue weighted by atomic mass is 16.6. The van der Waals surface area contributed by atoms with Gasteiger partial charge in [0.1, 0.15) is 0 Å². The van der Waals surface area contributed by atoms with Gasteiger partial charge >= 0.3 is 0 Å². The molecule has 0 spiro atoms. The minimum Gasteiger partial charge on any atom is -0.481 e. The third-order valence-corrected chi connectivity index (χ3v) is 2.27. The summed E-state index contributed by atoms with van der Waals surface area (Å²) in [5.74, 6) is 1.12. The largest absolute Gasteiger partial charge is 0.481 e. The Kier molecular flexibility index (Phi) is 1.94. The molecule has 0 aliphatic carbocycles. The Morgan fingerprint density at radius 1 is 1.29 bits per heavy atom. The predicted octanol–water partition coefficient (Wildman–Crippen LogP) is 0.599. The minimum atomic E-state index is 0.177. The molecule has 8 heteroatoms. The Hall–Kier alpha value is -2.64. The van der Waals surface area contributed by atoms with Crippen molar-refractivity contribution in [1.29, 1.82) is 0 Å². The molecular formula is C9H8N6O2. The van der Waals surface area contributed by atoms with E-state index in [2.05, 4.69) is 29.9 Å². The summed E-state index contributed by atoms with van der Waals surface area (Å²) in [7, 11) is 1.54. The van der Waals surface area contributed by atoms with Crippen LogP contribution in [-0.2, 0) is 0 Å². The summed E-state index contributed by atoms with van der Waals surface area (Å²) in [5.41, 5.74) is 7.21. The molecule has 0 saturated carbocycles. The summed E-state index contributed by atoms with van der Waals surface area (Å²) in [4.78, 5) is 11.4. The molecule has 0 atom stereocenters. The van der Waals surface area contributed by atoms with E-state index in [0.717, 1.165) is 5.52 Å². The third kappa shape index (κ3) is 1.46. The molecule has 3 rings (SSSR count). The molecule has 0 aliphatic heterocycles. The van der Waals surface area contributed by atoms with Gasteiger partial charge in [-0.25, -0.2) is 9.61 Å². The quantitative estimate of drug-likeness (QED) is 0.664. The fourth-order valence-corrected chi connectivity index (χ4v) is 1.46. The van der Waals surface area contributed by atoms with Crippen molar-refractivity contribution in [3.05, 3.63) is 12.1 Å². The van der Waals surface area contributed by atoms with Gasteiger partial charge in [0.2, 0.25) is 5.88 Å². The molecule has 86 valence electrons. The molecule has 3 aromatic heterocycles. The number of rotatable bonds is 2. The van der Waals surface area contributed by atoms with Gasteiger partial charge in [0.15, 0.2) is 23.0 Å². The summed E-state index contributed by atoms with van der Waals surface area (Å²) in [5, 5.41) is 7.14. The highest BCUT2D eigenvalue weighted by molar-refractivity contribution is 5.77. The molecule has 17 heavy (non-hydrogen) atoms. The van der Waals surface area contributed by atoms with Crippen molar-refractivity contribution < 1.29 is 9.37 Å². The first-order valence-electron chi connectivity index (χ1n) is 4.77. The number of aromatic amines is 1. The second kappa shape index (κ2) is 3.44. The number of anilines is 1. The number of aromatic nitrogens is 5. The summed E-state index contributed by atoms with van der Waals surface area (Å²) in [6, 6.07) is 3.54. The maximum atomic E-state index is 5.58. The van der Waals surface area contributed by atoms with Crippen LogP contribution in [0.25, 0.3) is 22.7 Å². The summed E-state index contributed by atoms with van der Waals surface area (Å²) in [6.45, 7) is 0. The second-order valence-corrected chi connectivity index (χ2v) is 3.31. The third-order valence-electron chi connectivity index (χ3n) is 2.27. The minimum absolute atomic E-state index is 0.177. The molecule has 8 nitrogen and oxygen atoms in total. The molecule has 0 aromatic carbocycles. The number of methoxy groups -OCH3 is 1. The highest BCUT2D eigenvalue weighted by Gasteiger charge is 2.14. The average molecular weight is 232 g/mol. The predicted molar refractivity (Wildman–Crippen MR) is 58.1 cm³/mol. The molecule has 0 saturated heterocycles. The number of imidazole rings is 1. The first-order valence-corrected chi connectivity index (χ1v) is 4.77. The van der Waals surface area contributed by atoms with Crippen LogP contribution < -0.4 is 10.5 Å². The number of pyridine rings is 1. The van der Waals surface area contributed by atoms with Gasteiger partial charge in [0.25, 0.3) is 0 Å². The van der Waals surface area contributed by atoms with Gasteiger partial charge in [-0.2, -0.15) is 4.98 Å². The molecule has 0 unspecified atom stereocenters. The van der Waals surface area contributed by atoms with E-state index in [1.165, 1.54) is 0 Å². The van der Waals surface area contributed by atoms with Crippen molar-refractivity contribution in [3.8, 4) is 17.4 Å². The standard InChI is InChI=1S/C9H8N6O2/c1-16-5-3-2-4-8(12-5)13-9(11-4)6-7(10)15-17-14-6/h2-3H,1H3,(H2,10,15)(H,11,12,13). The van der Waals surface area contributed by atoms with Crippen molar-refractivity contribution in [2.75, 3.05) is 12.8 Å². The van der Waals surface area contributed by atoms with Crippen molar-refractivity contribution in [3.63, 3.8) is 0 Å². The molecule has 0 fully saturated rings. The topological polar surface area (TPSA) is 116 Å². The Labute approximate surface area is 94.8 Å². The van der Waals surface area contributed by atoms with Crippen LogP contribution in [0.3, 0.4) is 0 Å². The zero-order chi connectivity index (χ0) is 11.8. The normalized spacial score (nSPS) is 10.9. The second-order valence-electron chi connectivity index (χ2n) is 3.31. The van der Waals surface area contributed by atoms with Crippen LogP contribution in [0.1, 0.15) is 0 Å². The number of ether oxygens (including phenoxy) is 1. The molecule has 3 N–H and O–H groups in total. The van der Waals surface area contributed by atoms with Gasteiger partial charge in [0.05, 0.1) is 12.6 Å². The highest BCUT2D eigenvalue weighted by Crippen LogP contribution is 2.22. The lowest BCUT2D eigenvalue weighted by atomic mass is 10.4. The monoisotopic (exact) mass is 232 g/mol. The first-order chi connectivity index (χ1) is 8.28. The molecule has 0 bridgehead atoms. The smallest absolute Gasteiger partial charge is 0.215 e. The van der Waals surface area contributed by atoms with Gasteiger partial charge in [-0.05, 0) is 16.4 Å². The Balaban J connectivity index is 2.17. The number of nitrogen functional groups attached to an aromatic ring is 1. The molecule has 3 aromatic rings. The van der Waals surface area contributed by atoms with Crippen molar-refractivity contribution >= 4 is 17.0 Å². The number of nitrogens with two attached hydrogens (primary N) is 1. The van der Waals surface area contributed by atoms with Crippen LogP contribution >= 0.6 is 0 Å². The van der Waals surface area contributed by atoms with E-state index in [1.54, 1.807) is 19.2 Å². The Bertz CT molecular complexity index is 673. The van der Waals surface area contributed by atoms with Gasteiger partial charge in [-0.15, -0.1) is 0 Å². The number of nitrogens with zero attached hydrogens (tertiary/aromatic N) is 4. The summed E-state index contributed by atoms with van der Waals surface area (Å²) in [6.07, 6.45) is 0. The fourth-order valence-electron chi connectivity index (χ4n) is 1.46. The van der Waals surface area contributed by atoms with Crippen LogP contribution in [0.5, 0.6) is 5.88 Å². The lowest BCUT2D eigenvalue weighted by Gasteiger charge is -1.95. The van der Waals surface area contributed by atoms with E-state index in [4.69, 9.17) is 10.5 Å². The van der Waals surface area contributed by atoms with Crippen molar-refractivity contribution in [2.45, 2.75) is 0 Å². The summed E-state index contributed by atoms with van der Waals surface area (Å²) >= 11 is 0. The van der Waals surface area contributed by atoms with E-state index in [-0.39, 0.29) is 5.82 Å². The van der Waals surface area contributed by atoms with Crippen LogP contribution in [-0.4, -0.2) is 32.4 Å². The number of hydrogen-bond donors (Lipinski definition) is 2. The van der Waals surface area contributed by atoms with E-state index in [9.17, 15) is 0 Å². The SMILES string of the molecule is COc1ccc2[nH]c(-c3nonc3N)nc2n1. The van der Waals surface area contributed by atoms with Crippen molar-refractivity contribution in [2.24, 2.45) is 0 Å². The van der Waals surface area contributed by atoms with E-state index in [1.807, 2.05) is 0 Å². The van der Waals surface area contributed by atoms with E-state index < -0.39 is 0 Å². The van der Waals surface area contributed by atoms with Gasteiger partial charge in [-0.1, -0.05) is 0 Å². The lowest BCUT2D eigenvalue weighted by molar-refractivity contribution is 0.310. The average Bonchev–Trinajstić information content (AvgIpc) is 2.93. The number of hydrogen-bond acceptors (Lipinski definition) is 7. The maximum absolute atomic E-state index is 5.58. The number of nitrogens with one attached hydrogen (secondary N) is 1. The van der Waals surface area contributed by atoms with Crippen LogP contribution in [0.4, 0.5) is 5.82 Å². The van der Waals surface area contributed by atoms with Crippen LogP contribution in [0, 0.1) is 0 Å². The molecule has 0 radical (unpaired) electrons. The Morgan fingerprint density at radius 3 is 2.88 bits per heavy atom. The van der Waals surface area contributed by atoms with Crippen LogP contribution in [0.15, 0.2) is 16.8 Å². The van der Waals surface area contributed by atoms with E-state index >= 15 is 0 Å². The fraction of sp³-hybridized carbons (Fsp3) is 0.111. The first kappa shape index (κ1) is 9.58. The van der Waals surface area contributed by atoms with Gasteiger partial charge < -0.3 is 15.5 Å².